The molecule has 0 aromatic carbocycles. The van der Waals surface area contributed by atoms with Gasteiger partial charge in [0.2, 0.25) is 0 Å². The van der Waals surface area contributed by atoms with Gasteiger partial charge in [0.1, 0.15) is 6.29 Å². The Kier molecular flexibility index (Phi) is 2.82. The first-order chi connectivity index (χ1) is 7.08. The number of hydrogen-bond donors (Lipinski definition) is 0. The average molecular weight is 216 g/mol. The number of halogens is 2. The molecule has 0 bridgehead atoms. The summed E-state index contributed by atoms with van der Waals surface area (Å²) < 4.78 is 26.9. The zero-order valence-electron chi connectivity index (χ0n) is 8.98. The van der Waals surface area contributed by atoms with Crippen molar-refractivity contribution in [3.63, 3.8) is 0 Å². The molecule has 3 heteroatoms. The minimum atomic E-state index is -2.52. The number of carbonyl (C=O) groups excluding carboxylic acids is 1. The van der Waals surface area contributed by atoms with Crippen LogP contribution in [-0.4, -0.2) is 12.2 Å². The Morgan fingerprint density at radius 2 is 1.80 bits per heavy atom. The van der Waals surface area contributed by atoms with Crippen molar-refractivity contribution < 1.29 is 13.6 Å². The Labute approximate surface area is 89.2 Å². The lowest BCUT2D eigenvalue weighted by Gasteiger charge is -2.28. The molecule has 2 aliphatic carbocycles. The first kappa shape index (κ1) is 11.0. The molecule has 0 amide bonds. The molecule has 2 saturated carbocycles. The molecule has 2 fully saturated rings. The van der Waals surface area contributed by atoms with Crippen LogP contribution < -0.4 is 0 Å². The van der Waals surface area contributed by atoms with Crippen LogP contribution in [0.5, 0.6) is 0 Å². The lowest BCUT2D eigenvalue weighted by Crippen LogP contribution is -2.30. The van der Waals surface area contributed by atoms with E-state index in [2.05, 4.69) is 0 Å². The fourth-order valence-electron chi connectivity index (χ4n) is 3.19. The molecule has 0 saturated heterocycles. The molecular weight excluding hydrogens is 198 g/mol. The van der Waals surface area contributed by atoms with Crippen LogP contribution in [0.25, 0.3) is 0 Å². The Bertz CT molecular complexity index is 244. The van der Waals surface area contributed by atoms with Gasteiger partial charge < -0.3 is 4.79 Å². The first-order valence-corrected chi connectivity index (χ1v) is 5.92. The van der Waals surface area contributed by atoms with Gasteiger partial charge in [0.15, 0.2) is 0 Å². The second-order valence-electron chi connectivity index (χ2n) is 5.24. The molecule has 2 rings (SSSR count). The highest BCUT2D eigenvalue weighted by Crippen LogP contribution is 2.50. The highest BCUT2D eigenvalue weighted by atomic mass is 19.3. The average Bonchev–Trinajstić information content (AvgIpc) is 2.76. The van der Waals surface area contributed by atoms with Gasteiger partial charge in [0, 0.05) is 17.8 Å². The topological polar surface area (TPSA) is 17.1 Å². The second kappa shape index (κ2) is 3.84. The quantitative estimate of drug-likeness (QED) is 0.659. The van der Waals surface area contributed by atoms with Crippen molar-refractivity contribution in [3.05, 3.63) is 0 Å². The predicted octanol–water partition coefficient (Wildman–Crippen LogP) is 3.57. The van der Waals surface area contributed by atoms with Crippen molar-refractivity contribution in [1.29, 1.82) is 0 Å². The molecule has 0 N–H and O–H groups in total. The van der Waals surface area contributed by atoms with Crippen LogP contribution in [0, 0.1) is 11.3 Å². The maximum Gasteiger partial charge on any atom is 0.250 e. The first-order valence-electron chi connectivity index (χ1n) is 5.92. The van der Waals surface area contributed by atoms with Gasteiger partial charge in [-0.3, -0.25) is 0 Å². The fourth-order valence-corrected chi connectivity index (χ4v) is 3.19. The Balaban J connectivity index is 2.03. The smallest absolute Gasteiger partial charge is 0.250 e. The van der Waals surface area contributed by atoms with E-state index in [0.29, 0.717) is 19.3 Å². The van der Waals surface area contributed by atoms with E-state index < -0.39 is 17.3 Å². The SMILES string of the molecule is O=CC1(CC2CCCC2(F)F)CCCC1. The third-order valence-corrected chi connectivity index (χ3v) is 4.16. The third-order valence-electron chi connectivity index (χ3n) is 4.16. The van der Waals surface area contributed by atoms with E-state index in [1.54, 1.807) is 0 Å². The Morgan fingerprint density at radius 3 is 2.27 bits per heavy atom. The van der Waals surface area contributed by atoms with E-state index in [1.165, 1.54) is 0 Å². The second-order valence-corrected chi connectivity index (χ2v) is 5.24. The standard InChI is InChI=1S/C12H18F2O/c13-12(14)7-3-4-10(12)8-11(9-15)5-1-2-6-11/h9-10H,1-8H2. The maximum atomic E-state index is 13.5. The van der Waals surface area contributed by atoms with Crippen LogP contribution in [0.2, 0.25) is 0 Å². The van der Waals surface area contributed by atoms with Crippen molar-refractivity contribution in [3.8, 4) is 0 Å². The van der Waals surface area contributed by atoms with Crippen LogP contribution in [0.15, 0.2) is 0 Å². The van der Waals surface area contributed by atoms with Crippen molar-refractivity contribution in [1.82, 2.24) is 0 Å². The van der Waals surface area contributed by atoms with Gasteiger partial charge in [-0.15, -0.1) is 0 Å². The number of alkyl halides is 2. The van der Waals surface area contributed by atoms with E-state index >= 15 is 0 Å². The summed E-state index contributed by atoms with van der Waals surface area (Å²) in [5, 5.41) is 0. The number of rotatable bonds is 3. The van der Waals surface area contributed by atoms with Gasteiger partial charge in [0.05, 0.1) is 0 Å². The van der Waals surface area contributed by atoms with E-state index in [0.717, 1.165) is 32.0 Å². The van der Waals surface area contributed by atoms with Crippen LogP contribution in [0.4, 0.5) is 8.78 Å². The molecule has 1 nitrogen and oxygen atoms in total. The summed E-state index contributed by atoms with van der Waals surface area (Å²) in [5.41, 5.74) is -0.404. The minimum absolute atomic E-state index is 0.0204. The number of hydrogen-bond acceptors (Lipinski definition) is 1. The van der Waals surface area contributed by atoms with Gasteiger partial charge in [-0.1, -0.05) is 12.8 Å². The Morgan fingerprint density at radius 1 is 1.13 bits per heavy atom. The van der Waals surface area contributed by atoms with E-state index in [-0.39, 0.29) is 6.42 Å². The predicted molar refractivity (Wildman–Crippen MR) is 53.9 cm³/mol. The largest absolute Gasteiger partial charge is 0.303 e. The third kappa shape index (κ3) is 2.06. The van der Waals surface area contributed by atoms with Crippen LogP contribution >= 0.6 is 0 Å². The van der Waals surface area contributed by atoms with Gasteiger partial charge in [-0.25, -0.2) is 8.78 Å². The summed E-state index contributed by atoms with van der Waals surface area (Å²) >= 11 is 0. The summed E-state index contributed by atoms with van der Waals surface area (Å²) in [5.74, 6) is -3.06. The summed E-state index contributed by atoms with van der Waals surface area (Å²) in [6, 6.07) is 0. The monoisotopic (exact) mass is 216 g/mol. The normalized spacial score (nSPS) is 33.1. The molecule has 0 heterocycles. The highest BCUT2D eigenvalue weighted by molar-refractivity contribution is 5.59. The summed E-state index contributed by atoms with van der Waals surface area (Å²) in [6.45, 7) is 0. The van der Waals surface area contributed by atoms with E-state index in [9.17, 15) is 13.6 Å². The minimum Gasteiger partial charge on any atom is -0.303 e. The molecule has 1 atom stereocenters. The van der Waals surface area contributed by atoms with Crippen LogP contribution in [0.1, 0.15) is 51.4 Å². The molecule has 0 aromatic rings. The summed E-state index contributed by atoms with van der Waals surface area (Å²) in [7, 11) is 0. The fraction of sp³-hybridized carbons (Fsp3) is 0.917. The molecule has 0 radical (unpaired) electrons. The lowest BCUT2D eigenvalue weighted by molar-refractivity contribution is -0.119. The van der Waals surface area contributed by atoms with Gasteiger partial charge in [0.25, 0.3) is 5.92 Å². The summed E-state index contributed by atoms with van der Waals surface area (Å²) in [4.78, 5) is 11.1. The summed E-state index contributed by atoms with van der Waals surface area (Å²) in [6.07, 6.45) is 6.31. The van der Waals surface area contributed by atoms with Gasteiger partial charge >= 0.3 is 0 Å². The zero-order chi connectivity index (χ0) is 10.9. The molecule has 0 aromatic heterocycles. The Hall–Kier alpha value is -0.470. The van der Waals surface area contributed by atoms with Crippen LogP contribution in [0.3, 0.4) is 0 Å². The van der Waals surface area contributed by atoms with Crippen molar-refractivity contribution in [2.24, 2.45) is 11.3 Å². The molecule has 86 valence electrons. The molecule has 1 unspecified atom stereocenters. The lowest BCUT2D eigenvalue weighted by atomic mass is 9.77. The molecule has 0 spiro atoms. The maximum absolute atomic E-state index is 13.5. The van der Waals surface area contributed by atoms with E-state index in [1.807, 2.05) is 0 Å². The molecule has 15 heavy (non-hydrogen) atoms. The van der Waals surface area contributed by atoms with Crippen molar-refractivity contribution in [2.75, 3.05) is 0 Å². The van der Waals surface area contributed by atoms with Gasteiger partial charge in [-0.05, 0) is 32.1 Å². The highest BCUT2D eigenvalue weighted by Gasteiger charge is 2.48. The van der Waals surface area contributed by atoms with Crippen LogP contribution in [-0.2, 0) is 4.79 Å². The van der Waals surface area contributed by atoms with Crippen molar-refractivity contribution in [2.45, 2.75) is 57.3 Å². The van der Waals surface area contributed by atoms with E-state index in [4.69, 9.17) is 0 Å². The molecule has 0 aliphatic heterocycles. The molecule has 2 aliphatic rings. The number of carbonyl (C=O) groups is 1. The van der Waals surface area contributed by atoms with Gasteiger partial charge in [-0.2, -0.15) is 0 Å². The molecular formula is C12H18F2O. The van der Waals surface area contributed by atoms with Crippen molar-refractivity contribution >= 4 is 6.29 Å². The zero-order valence-corrected chi connectivity index (χ0v) is 8.98. The number of aldehydes is 1.